The monoisotopic (exact) mass is 425 g/mol. The summed E-state index contributed by atoms with van der Waals surface area (Å²) >= 11 is 3.25. The molecular formula is C17H20BrN3O3S. The summed E-state index contributed by atoms with van der Waals surface area (Å²) in [5.41, 5.74) is 1.32. The van der Waals surface area contributed by atoms with Crippen LogP contribution in [0.1, 0.15) is 19.4 Å². The maximum atomic E-state index is 12.1. The molecule has 0 amide bonds. The molecule has 25 heavy (non-hydrogen) atoms. The van der Waals surface area contributed by atoms with Gasteiger partial charge in [0, 0.05) is 34.9 Å². The quantitative estimate of drug-likeness (QED) is 0.526. The Morgan fingerprint density at radius 2 is 1.80 bits per heavy atom. The third kappa shape index (κ3) is 4.96. The maximum absolute atomic E-state index is 12.1. The first-order valence-corrected chi connectivity index (χ1v) is 10.0. The van der Waals surface area contributed by atoms with E-state index in [9.17, 15) is 13.5 Å². The zero-order chi connectivity index (χ0) is 18.4. The molecule has 0 heterocycles. The SMILES string of the molecule is CCN(CC)c1ccc(/C=N\NS(=O)(=O)c2ccc(Br)cc2)c(O)c1. The standard InChI is InChI=1S/C17H20BrN3O3S/c1-3-21(4-2)15-8-5-13(17(22)11-15)12-19-20-25(23,24)16-9-6-14(18)7-10-16/h5-12,20,22H,3-4H2,1-2H3/b19-12-. The molecule has 0 atom stereocenters. The summed E-state index contributed by atoms with van der Waals surface area (Å²) < 4.78 is 25.0. The molecule has 0 spiro atoms. The second-order valence-corrected chi connectivity index (χ2v) is 7.80. The summed E-state index contributed by atoms with van der Waals surface area (Å²) in [5, 5.41) is 13.8. The molecule has 2 rings (SSSR count). The van der Waals surface area contributed by atoms with Gasteiger partial charge in [0.05, 0.1) is 11.1 Å². The van der Waals surface area contributed by atoms with Crippen LogP contribution in [0.3, 0.4) is 0 Å². The van der Waals surface area contributed by atoms with Crippen LogP contribution in [0.5, 0.6) is 5.75 Å². The number of rotatable bonds is 7. The van der Waals surface area contributed by atoms with Crippen LogP contribution < -0.4 is 9.73 Å². The minimum absolute atomic E-state index is 0.0380. The molecule has 2 N–H and O–H groups in total. The lowest BCUT2D eigenvalue weighted by atomic mass is 10.2. The Labute approximate surface area is 156 Å². The molecule has 0 aromatic heterocycles. The van der Waals surface area contributed by atoms with Crippen LogP contribution in [-0.4, -0.2) is 32.8 Å². The normalized spacial score (nSPS) is 11.6. The van der Waals surface area contributed by atoms with E-state index in [-0.39, 0.29) is 10.6 Å². The fourth-order valence-electron chi connectivity index (χ4n) is 2.26. The molecule has 0 fully saturated rings. The molecule has 134 valence electrons. The summed E-state index contributed by atoms with van der Waals surface area (Å²) in [5.74, 6) is 0.0380. The van der Waals surface area contributed by atoms with Crippen LogP contribution in [0.4, 0.5) is 5.69 Å². The van der Waals surface area contributed by atoms with Crippen molar-refractivity contribution < 1.29 is 13.5 Å². The molecule has 0 saturated heterocycles. The highest BCUT2D eigenvalue weighted by molar-refractivity contribution is 9.10. The molecule has 6 nitrogen and oxygen atoms in total. The van der Waals surface area contributed by atoms with Gasteiger partial charge in [-0.3, -0.25) is 0 Å². The summed E-state index contributed by atoms with van der Waals surface area (Å²) in [6, 6.07) is 11.4. The lowest BCUT2D eigenvalue weighted by Gasteiger charge is -2.21. The molecule has 2 aromatic carbocycles. The van der Waals surface area contributed by atoms with E-state index in [2.05, 4.69) is 30.8 Å². The van der Waals surface area contributed by atoms with E-state index in [4.69, 9.17) is 0 Å². The molecule has 0 bridgehead atoms. The van der Waals surface area contributed by atoms with Crippen molar-refractivity contribution >= 4 is 37.9 Å². The highest BCUT2D eigenvalue weighted by Gasteiger charge is 2.12. The van der Waals surface area contributed by atoms with Gasteiger partial charge in [0.15, 0.2) is 0 Å². The van der Waals surface area contributed by atoms with Crippen molar-refractivity contribution in [2.24, 2.45) is 5.10 Å². The van der Waals surface area contributed by atoms with Gasteiger partial charge in [-0.2, -0.15) is 13.5 Å². The van der Waals surface area contributed by atoms with Gasteiger partial charge in [-0.05, 0) is 50.2 Å². The number of anilines is 1. The number of nitrogens with zero attached hydrogens (tertiary/aromatic N) is 2. The lowest BCUT2D eigenvalue weighted by molar-refractivity contribution is 0.474. The summed E-state index contributed by atoms with van der Waals surface area (Å²) in [6.45, 7) is 5.73. The van der Waals surface area contributed by atoms with Crippen LogP contribution >= 0.6 is 15.9 Å². The predicted molar refractivity (Wildman–Crippen MR) is 104 cm³/mol. The predicted octanol–water partition coefficient (Wildman–Crippen LogP) is 3.31. The van der Waals surface area contributed by atoms with Crippen LogP contribution in [0, 0.1) is 0 Å². The number of nitrogens with one attached hydrogen (secondary N) is 1. The van der Waals surface area contributed by atoms with E-state index >= 15 is 0 Å². The molecule has 0 saturated carbocycles. The van der Waals surface area contributed by atoms with Crippen molar-refractivity contribution in [3.8, 4) is 5.75 Å². The van der Waals surface area contributed by atoms with Crippen molar-refractivity contribution in [2.75, 3.05) is 18.0 Å². The number of phenols is 1. The third-order valence-corrected chi connectivity index (χ3v) is 5.41. The van der Waals surface area contributed by atoms with Gasteiger partial charge in [0.25, 0.3) is 10.0 Å². The van der Waals surface area contributed by atoms with Crippen LogP contribution in [0.2, 0.25) is 0 Å². The van der Waals surface area contributed by atoms with E-state index in [0.29, 0.717) is 5.56 Å². The Morgan fingerprint density at radius 1 is 1.16 bits per heavy atom. The van der Waals surface area contributed by atoms with Crippen molar-refractivity contribution in [2.45, 2.75) is 18.7 Å². The first-order chi connectivity index (χ1) is 11.9. The number of halogens is 1. The Hall–Kier alpha value is -2.06. The van der Waals surface area contributed by atoms with Gasteiger partial charge in [-0.25, -0.2) is 4.83 Å². The number of hydrogen-bond acceptors (Lipinski definition) is 5. The fourth-order valence-corrected chi connectivity index (χ4v) is 3.31. The third-order valence-electron chi connectivity index (χ3n) is 3.64. The molecule has 0 aliphatic carbocycles. The molecule has 2 aromatic rings. The minimum Gasteiger partial charge on any atom is -0.507 e. The highest BCUT2D eigenvalue weighted by Crippen LogP contribution is 2.23. The van der Waals surface area contributed by atoms with Crippen LogP contribution in [0.15, 0.2) is 56.9 Å². The Bertz CT molecular complexity index is 848. The summed E-state index contributed by atoms with van der Waals surface area (Å²) in [6.07, 6.45) is 1.28. The zero-order valence-electron chi connectivity index (χ0n) is 14.0. The Balaban J connectivity index is 2.12. The van der Waals surface area contributed by atoms with Gasteiger partial charge in [-0.1, -0.05) is 15.9 Å². The van der Waals surface area contributed by atoms with Crippen molar-refractivity contribution in [3.05, 3.63) is 52.5 Å². The molecule has 0 aliphatic heterocycles. The van der Waals surface area contributed by atoms with Gasteiger partial charge in [0.2, 0.25) is 0 Å². The average Bonchev–Trinajstić information content (AvgIpc) is 2.58. The number of benzene rings is 2. The average molecular weight is 426 g/mol. The smallest absolute Gasteiger partial charge is 0.276 e. The molecular weight excluding hydrogens is 406 g/mol. The number of hydrogen-bond donors (Lipinski definition) is 2. The first-order valence-electron chi connectivity index (χ1n) is 7.75. The second kappa shape index (κ2) is 8.35. The van der Waals surface area contributed by atoms with E-state index in [1.54, 1.807) is 24.3 Å². The number of aromatic hydroxyl groups is 1. The number of phenolic OH excluding ortho intramolecular Hbond substituents is 1. The van der Waals surface area contributed by atoms with Crippen molar-refractivity contribution in [3.63, 3.8) is 0 Å². The largest absolute Gasteiger partial charge is 0.507 e. The van der Waals surface area contributed by atoms with Crippen LogP contribution in [0.25, 0.3) is 0 Å². The molecule has 0 radical (unpaired) electrons. The molecule has 0 aliphatic rings. The Morgan fingerprint density at radius 3 is 2.36 bits per heavy atom. The number of hydrazone groups is 1. The minimum atomic E-state index is -3.75. The second-order valence-electron chi connectivity index (χ2n) is 5.22. The van der Waals surface area contributed by atoms with Crippen LogP contribution in [-0.2, 0) is 10.0 Å². The van der Waals surface area contributed by atoms with E-state index in [0.717, 1.165) is 23.2 Å². The first kappa shape index (κ1) is 19.3. The van der Waals surface area contributed by atoms with E-state index < -0.39 is 10.0 Å². The Kier molecular flexibility index (Phi) is 6.44. The zero-order valence-corrected chi connectivity index (χ0v) is 16.4. The fraction of sp³-hybridized carbons (Fsp3) is 0.235. The van der Waals surface area contributed by atoms with Gasteiger partial charge in [-0.15, -0.1) is 0 Å². The maximum Gasteiger partial charge on any atom is 0.276 e. The topological polar surface area (TPSA) is 82.0 Å². The number of sulfonamides is 1. The summed E-state index contributed by atoms with van der Waals surface area (Å²) in [7, 11) is -3.75. The van der Waals surface area contributed by atoms with Gasteiger partial charge < -0.3 is 10.0 Å². The van der Waals surface area contributed by atoms with Gasteiger partial charge >= 0.3 is 0 Å². The summed E-state index contributed by atoms with van der Waals surface area (Å²) in [4.78, 5) is 4.33. The van der Waals surface area contributed by atoms with E-state index in [1.165, 1.54) is 18.3 Å². The van der Waals surface area contributed by atoms with Crippen molar-refractivity contribution in [1.29, 1.82) is 0 Å². The van der Waals surface area contributed by atoms with Gasteiger partial charge in [0.1, 0.15) is 5.75 Å². The van der Waals surface area contributed by atoms with E-state index in [1.807, 2.05) is 19.9 Å². The lowest BCUT2D eigenvalue weighted by Crippen LogP contribution is -2.21. The highest BCUT2D eigenvalue weighted by atomic mass is 79.9. The molecule has 8 heteroatoms. The van der Waals surface area contributed by atoms with Crippen molar-refractivity contribution in [1.82, 2.24) is 4.83 Å². The molecule has 0 unspecified atom stereocenters.